The number of nitrogens with one attached hydrogen (secondary N) is 2. The summed E-state index contributed by atoms with van der Waals surface area (Å²) in [7, 11) is -10.8. The number of H-pyrrole nitrogens is 1. The molecule has 0 bridgehead atoms. The molecule has 0 saturated carbocycles. The van der Waals surface area contributed by atoms with Crippen molar-refractivity contribution >= 4 is 63.3 Å². The number of ketones is 1. The van der Waals surface area contributed by atoms with Gasteiger partial charge >= 0.3 is 27.4 Å². The average Bonchev–Trinajstić information content (AvgIpc) is 1.04. The Balaban J connectivity index is 1.11. The SMILES string of the molecule is C=CCOC(=O)Nc1nc(OCC=C)c2ncn([C@H]3C[C@H](OP(=O)(OCCC#N)OC[C@H]4O[C@@H](n5cc(C)c(=O)[nH]c5=O)C[C@@H]4OP(=O)(OCCC#N)OC(C(=O)c4ccccc4)c4cc(OC)cc(OC)c4)[C@@H](CO[Si](c4ccccc4)(c4ccccc4)C(C)(C)C)O3)c2n1. The fraction of sp³-hybridized carbons (Fsp3) is 0.369. The maximum absolute atomic E-state index is 15.8. The van der Waals surface area contributed by atoms with Crippen molar-refractivity contribution in [2.75, 3.05) is 59.2 Å². The zero-order valence-electron chi connectivity index (χ0n) is 53.5. The van der Waals surface area contributed by atoms with Crippen LogP contribution in [0.15, 0.2) is 157 Å². The van der Waals surface area contributed by atoms with Gasteiger partial charge in [0.05, 0.1) is 72.0 Å². The van der Waals surface area contributed by atoms with E-state index in [1.807, 2.05) is 72.8 Å². The normalized spacial score (nSPS) is 19.4. The number of methoxy groups -OCH3 is 2. The summed E-state index contributed by atoms with van der Waals surface area (Å²) in [5.74, 6) is -0.518. The molecule has 9 atom stereocenters. The molecule has 0 radical (unpaired) electrons. The summed E-state index contributed by atoms with van der Waals surface area (Å²) < 4.78 is 114. The van der Waals surface area contributed by atoms with E-state index in [0.29, 0.717) is 0 Å². The number of amides is 1. The molecule has 9 rings (SSSR count). The molecule has 31 heteroatoms. The molecule has 3 aromatic heterocycles. The molecule has 2 aliphatic rings. The summed E-state index contributed by atoms with van der Waals surface area (Å²) in [6.45, 7) is 12.8. The zero-order chi connectivity index (χ0) is 68.6. The first-order chi connectivity index (χ1) is 46.2. The van der Waals surface area contributed by atoms with E-state index >= 15 is 9.13 Å². The van der Waals surface area contributed by atoms with Gasteiger partial charge in [-0.1, -0.05) is 137 Å². The van der Waals surface area contributed by atoms with Crippen LogP contribution in [0.5, 0.6) is 17.4 Å². The van der Waals surface area contributed by atoms with Crippen molar-refractivity contribution in [3.63, 3.8) is 0 Å². The highest BCUT2D eigenvalue weighted by atomic mass is 31.2. The van der Waals surface area contributed by atoms with Crippen LogP contribution in [0.2, 0.25) is 5.04 Å². The van der Waals surface area contributed by atoms with Crippen molar-refractivity contribution in [2.24, 2.45) is 0 Å². The molecule has 96 heavy (non-hydrogen) atoms. The molecule has 7 aromatic rings. The second kappa shape index (κ2) is 32.3. The number of fused-ring (bicyclic) bond motifs is 1. The second-order valence-electron chi connectivity index (χ2n) is 22.8. The third-order valence-electron chi connectivity index (χ3n) is 15.3. The molecule has 0 spiro atoms. The lowest BCUT2D eigenvalue weighted by molar-refractivity contribution is -0.0593. The van der Waals surface area contributed by atoms with Crippen LogP contribution < -0.4 is 41.1 Å². The molecule has 3 unspecified atom stereocenters. The minimum absolute atomic E-state index is 0.0115. The van der Waals surface area contributed by atoms with Crippen LogP contribution in [0, 0.1) is 29.6 Å². The standard InChI is InChI=1S/C65H73N9O19P2Si/c1-9-30-83-61-56-59(69-62(71-61)72-64(78)84-31-10-2)74(42-68-56)55-38-51(53(90-55)41-88-96(65(4,5)6,48-24-16-12-17-25-48)49-26-18-13-19-27-49)91-94(79,85-32-20-28-66)87-40-52-50(37-54(89-52)73-39-43(3)60(76)70-63(73)77)92-95(80,86-33-21-29-67)93-58(57(75)44-22-14-11-15-23-44)45-34-46(81-7)36-47(35-45)82-8/h9-19,22-27,34-36,39,42,50-55,58H,1-2,20-21,30-33,37-38,40-41H2,3-8H3,(H,70,76,77)(H,69,71,72,78)/t50-,51-,52+,53+,54+,55+,58?,94?,95?/m0/s1. The first-order valence-corrected chi connectivity index (χ1v) is 35.2. The number of nitriles is 2. The highest BCUT2D eigenvalue weighted by molar-refractivity contribution is 7.48. The number of phosphoric acid groups is 2. The summed E-state index contributed by atoms with van der Waals surface area (Å²) in [5, 5.41) is 23.3. The number of hydrogen-bond acceptors (Lipinski definition) is 24. The lowest BCUT2D eigenvalue weighted by atomic mass is 9.99. The molecule has 4 aromatic carbocycles. The van der Waals surface area contributed by atoms with Gasteiger partial charge in [0.25, 0.3) is 13.9 Å². The maximum atomic E-state index is 15.8. The third-order valence-corrected chi connectivity index (χ3v) is 23.3. The van der Waals surface area contributed by atoms with Gasteiger partial charge in [-0.15, -0.1) is 0 Å². The molecule has 28 nitrogen and oxygen atoms in total. The molecule has 2 saturated heterocycles. The van der Waals surface area contributed by atoms with Crippen LogP contribution in [0.3, 0.4) is 0 Å². The Hall–Kier alpha value is -8.77. The minimum Gasteiger partial charge on any atom is -0.497 e. The molecule has 2 fully saturated rings. The van der Waals surface area contributed by atoms with Crippen molar-refractivity contribution in [3.05, 3.63) is 185 Å². The lowest BCUT2D eigenvalue weighted by Crippen LogP contribution is -2.67. The molecular weight excluding hydrogens is 1300 g/mol. The number of aryl methyl sites for hydroxylation is 1. The number of Topliss-reactive ketones (excluding diaryl/α,β-unsaturated/α-hetero) is 1. The van der Waals surface area contributed by atoms with Crippen LogP contribution in [0.25, 0.3) is 11.2 Å². The fourth-order valence-electron chi connectivity index (χ4n) is 10.9. The van der Waals surface area contributed by atoms with E-state index in [-0.39, 0.29) is 96.7 Å². The molecular formula is C65H73N9O19P2Si. The van der Waals surface area contributed by atoms with E-state index in [1.54, 1.807) is 24.3 Å². The van der Waals surface area contributed by atoms with E-state index in [2.05, 4.69) is 59.2 Å². The van der Waals surface area contributed by atoms with Gasteiger partial charge < -0.3 is 32.8 Å². The topological polar surface area (TPSA) is 346 Å². The van der Waals surface area contributed by atoms with E-state index in [0.717, 1.165) is 14.9 Å². The Morgan fingerprint density at radius 2 is 1.34 bits per heavy atom. The minimum atomic E-state index is -5.18. The molecule has 506 valence electrons. The van der Waals surface area contributed by atoms with Crippen molar-refractivity contribution in [1.82, 2.24) is 29.1 Å². The quantitative estimate of drug-likeness (QED) is 0.0127. The largest absolute Gasteiger partial charge is 0.497 e. The number of hydrogen-bond donors (Lipinski definition) is 2. The number of phosphoric ester groups is 2. The van der Waals surface area contributed by atoms with E-state index < -0.39 is 115 Å². The number of nitrogens with zero attached hydrogens (tertiary/aromatic N) is 7. The molecule has 1 amide bonds. The number of rotatable bonds is 33. The van der Waals surface area contributed by atoms with E-state index in [4.69, 9.17) is 60.0 Å². The summed E-state index contributed by atoms with van der Waals surface area (Å²) >= 11 is 0. The highest BCUT2D eigenvalue weighted by Crippen LogP contribution is 2.59. The second-order valence-corrected chi connectivity index (χ2v) is 30.3. The van der Waals surface area contributed by atoms with Crippen LogP contribution in [0.4, 0.5) is 10.7 Å². The van der Waals surface area contributed by atoms with Crippen LogP contribution in [-0.4, -0.2) is 128 Å². The Morgan fingerprint density at radius 1 is 0.781 bits per heavy atom. The van der Waals surface area contributed by atoms with Gasteiger partial charge in [-0.3, -0.25) is 56.2 Å². The Bertz CT molecular complexity index is 4120. The molecule has 2 aliphatic heterocycles. The van der Waals surface area contributed by atoms with Gasteiger partial charge in [0, 0.05) is 36.2 Å². The number of benzene rings is 4. The highest BCUT2D eigenvalue weighted by Gasteiger charge is 2.53. The molecule has 0 aliphatic carbocycles. The number of carbonyl (C=O) groups is 2. The number of imidazole rings is 1. The van der Waals surface area contributed by atoms with E-state index in [1.165, 1.54) is 74.7 Å². The molecule has 5 heterocycles. The lowest BCUT2D eigenvalue weighted by Gasteiger charge is -2.43. The van der Waals surface area contributed by atoms with E-state index in [9.17, 15) is 29.7 Å². The predicted molar refractivity (Wildman–Crippen MR) is 350 cm³/mol. The van der Waals surface area contributed by atoms with Gasteiger partial charge in [-0.2, -0.15) is 20.5 Å². The van der Waals surface area contributed by atoms with Gasteiger partial charge in [0.2, 0.25) is 11.8 Å². The third kappa shape index (κ3) is 17.1. The summed E-state index contributed by atoms with van der Waals surface area (Å²) in [5.41, 5.74) is -1.02. The van der Waals surface area contributed by atoms with Crippen LogP contribution >= 0.6 is 15.6 Å². The number of anilines is 1. The summed E-state index contributed by atoms with van der Waals surface area (Å²) in [6, 6.07) is 35.9. The maximum Gasteiger partial charge on any atom is 0.476 e. The van der Waals surface area contributed by atoms with Crippen molar-refractivity contribution in [3.8, 4) is 29.5 Å². The Morgan fingerprint density at radius 3 is 1.92 bits per heavy atom. The summed E-state index contributed by atoms with van der Waals surface area (Å²) in [6.07, 6.45) is -6.26. The average molecular weight is 1370 g/mol. The Kier molecular flexibility index (Phi) is 24.1. The molecule has 2 N–H and O–H groups in total. The number of aromatic amines is 1. The number of aromatic nitrogens is 6. The van der Waals surface area contributed by atoms with Crippen LogP contribution in [-0.2, 0) is 54.9 Å². The van der Waals surface area contributed by atoms with Gasteiger partial charge in [0.15, 0.2) is 23.1 Å². The van der Waals surface area contributed by atoms with Crippen molar-refractivity contribution < 1.29 is 78.7 Å². The smallest absolute Gasteiger partial charge is 0.476 e. The number of carbonyl (C=O) groups excluding carboxylic acids is 2. The van der Waals surface area contributed by atoms with Crippen LogP contribution in [0.1, 0.15) is 86.5 Å². The van der Waals surface area contributed by atoms with Gasteiger partial charge in [-0.05, 0) is 40.0 Å². The first kappa shape index (κ1) is 71.5. The van der Waals surface area contributed by atoms with Gasteiger partial charge in [0.1, 0.15) is 61.6 Å². The predicted octanol–water partition coefficient (Wildman–Crippen LogP) is 9.66. The first-order valence-electron chi connectivity index (χ1n) is 30.3. The monoisotopic (exact) mass is 1370 g/mol. The van der Waals surface area contributed by atoms with Crippen molar-refractivity contribution in [2.45, 2.75) is 101 Å². The number of ether oxygens (including phenoxy) is 6. The van der Waals surface area contributed by atoms with Crippen molar-refractivity contribution in [1.29, 1.82) is 10.5 Å². The summed E-state index contributed by atoms with van der Waals surface area (Å²) in [4.78, 5) is 69.7. The zero-order valence-corrected chi connectivity index (χ0v) is 56.3. The Labute approximate surface area is 553 Å². The van der Waals surface area contributed by atoms with Gasteiger partial charge in [-0.25, -0.2) is 23.7 Å². The fourth-order valence-corrected chi connectivity index (χ4v) is 18.4.